The monoisotopic (exact) mass is 718 g/mol. The highest BCUT2D eigenvalue weighted by Crippen LogP contribution is 2.76. The third-order valence-electron chi connectivity index (χ3n) is 17.2. The molecule has 0 bridgehead atoms. The van der Waals surface area contributed by atoms with Crippen molar-refractivity contribution in [3.63, 3.8) is 0 Å². The van der Waals surface area contributed by atoms with Crippen molar-refractivity contribution in [1.82, 2.24) is 20.2 Å². The summed E-state index contributed by atoms with van der Waals surface area (Å²) >= 11 is 0. The zero-order chi connectivity index (χ0) is 35.7. The first-order valence-corrected chi connectivity index (χ1v) is 22.6. The predicted molar refractivity (Wildman–Crippen MR) is 205 cm³/mol. The Kier molecular flexibility index (Phi) is 9.38. The van der Waals surface area contributed by atoms with E-state index in [4.69, 9.17) is 4.74 Å². The third kappa shape index (κ3) is 6.08. The topological polar surface area (TPSA) is 84.4 Å². The molecule has 4 saturated carbocycles. The van der Waals surface area contributed by atoms with Crippen LogP contribution in [0.3, 0.4) is 0 Å². The number of ether oxygens (including phenoxy) is 1. The number of nitrogens with one attached hydrogen (secondary N) is 1. The summed E-state index contributed by atoms with van der Waals surface area (Å²) in [7, 11) is -2.83. The Morgan fingerprint density at radius 2 is 1.71 bits per heavy atom. The average Bonchev–Trinajstić information content (AvgIpc) is 3.53. The molecule has 8 rings (SSSR count). The van der Waals surface area contributed by atoms with Crippen molar-refractivity contribution in [1.29, 1.82) is 0 Å². The van der Waals surface area contributed by atoms with Gasteiger partial charge in [-0.3, -0.25) is 4.98 Å². The minimum Gasteiger partial charge on any atom is -0.476 e. The second kappa shape index (κ2) is 13.2. The van der Waals surface area contributed by atoms with E-state index in [-0.39, 0.29) is 11.0 Å². The Morgan fingerprint density at radius 1 is 0.882 bits per heavy atom. The number of hydrogen-bond donors (Lipinski definition) is 1. The first-order chi connectivity index (χ1) is 24.3. The zero-order valence-corrected chi connectivity index (χ0v) is 33.2. The Hall–Kier alpha value is -1.77. The van der Waals surface area contributed by atoms with E-state index in [1.165, 1.54) is 70.6 Å². The summed E-state index contributed by atoms with van der Waals surface area (Å²) in [4.78, 5) is 10.8. The van der Waals surface area contributed by atoms with Gasteiger partial charge in [-0.15, -0.1) is 0 Å². The van der Waals surface area contributed by atoms with Crippen LogP contribution in [0.4, 0.5) is 0 Å². The fraction of sp³-hybridized carbons (Fsp3) is 0.814. The van der Waals surface area contributed by atoms with Crippen molar-refractivity contribution in [3.05, 3.63) is 41.9 Å². The summed E-state index contributed by atoms with van der Waals surface area (Å²) in [5.74, 6) is 4.93. The number of allylic oxidation sites excluding steroid dienone is 4. The van der Waals surface area contributed by atoms with Crippen LogP contribution >= 0.6 is 0 Å². The van der Waals surface area contributed by atoms with Crippen LogP contribution < -0.4 is 10.1 Å². The van der Waals surface area contributed by atoms with Crippen molar-refractivity contribution in [2.75, 3.05) is 44.3 Å². The zero-order valence-electron chi connectivity index (χ0n) is 32.4. The Morgan fingerprint density at radius 3 is 2.45 bits per heavy atom. The van der Waals surface area contributed by atoms with Crippen LogP contribution in [0.15, 0.2) is 41.9 Å². The van der Waals surface area contributed by atoms with Gasteiger partial charge in [-0.05, 0) is 139 Å². The predicted octanol–water partition coefficient (Wildman–Crippen LogP) is 8.05. The van der Waals surface area contributed by atoms with Gasteiger partial charge in [-0.2, -0.15) is 0 Å². The number of nitrogens with zero attached hydrogens (tertiary/aromatic N) is 3. The minimum atomic E-state index is -2.83. The molecule has 1 aromatic rings. The molecule has 1 N–H and O–H groups in total. The standard InChI is InChI=1S/C43H66N4O3S/c1-39(2)33(32-10-8-31(9-11-32)30-50-38-29-44-21-22-45-38)14-17-40(3)36(39)15-18-42(5)37(40)13-12-34-35-7-6-16-43(35,20-19-41(34,42)4)46-23-24-47-25-27-51(48,49)28-26-47/h10,14,21-22,29,31,34-37,46H,6-9,11-13,15-20,23-28,30H2,1-5H3/t31-,34+,35+,36?,37?,40-,41+,42+,43-/m0/s1. The molecule has 0 amide bonds. The Bertz CT molecular complexity index is 1610. The van der Waals surface area contributed by atoms with Gasteiger partial charge in [0.2, 0.25) is 5.88 Å². The molecule has 0 aromatic carbocycles. The van der Waals surface area contributed by atoms with Gasteiger partial charge in [-0.1, -0.05) is 53.2 Å². The molecule has 1 saturated heterocycles. The highest BCUT2D eigenvalue weighted by molar-refractivity contribution is 7.91. The van der Waals surface area contributed by atoms with E-state index in [2.05, 4.69) is 67.0 Å². The van der Waals surface area contributed by atoms with Crippen molar-refractivity contribution >= 4 is 9.84 Å². The summed E-state index contributed by atoms with van der Waals surface area (Å²) in [6, 6.07) is 0. The summed E-state index contributed by atoms with van der Waals surface area (Å²) in [5, 5.41) is 4.20. The maximum absolute atomic E-state index is 12.0. The molecule has 9 atom stereocenters. The summed E-state index contributed by atoms with van der Waals surface area (Å²) < 4.78 is 29.9. The molecule has 0 spiro atoms. The molecule has 282 valence electrons. The molecule has 5 fully saturated rings. The van der Waals surface area contributed by atoms with Crippen LogP contribution in [0.2, 0.25) is 0 Å². The van der Waals surface area contributed by atoms with E-state index in [1.54, 1.807) is 29.7 Å². The second-order valence-electron chi connectivity index (χ2n) is 19.5. The quantitative estimate of drug-likeness (QED) is 0.291. The summed E-state index contributed by atoms with van der Waals surface area (Å²) in [5.41, 5.74) is 4.88. The number of fused-ring (bicyclic) bond motifs is 7. The van der Waals surface area contributed by atoms with Crippen LogP contribution in [0, 0.1) is 51.2 Å². The van der Waals surface area contributed by atoms with Crippen molar-refractivity contribution in [3.8, 4) is 5.88 Å². The van der Waals surface area contributed by atoms with E-state index in [9.17, 15) is 8.42 Å². The molecule has 6 aliphatic carbocycles. The smallest absolute Gasteiger partial charge is 0.232 e. The van der Waals surface area contributed by atoms with E-state index < -0.39 is 9.84 Å². The molecule has 0 radical (unpaired) electrons. The van der Waals surface area contributed by atoms with E-state index in [0.717, 1.165) is 56.2 Å². The molecule has 7 nitrogen and oxygen atoms in total. The molecular weight excluding hydrogens is 653 g/mol. The van der Waals surface area contributed by atoms with E-state index in [0.29, 0.717) is 52.6 Å². The van der Waals surface area contributed by atoms with Crippen LogP contribution in [0.1, 0.15) is 118 Å². The van der Waals surface area contributed by atoms with Gasteiger partial charge in [-0.25, -0.2) is 13.4 Å². The first-order valence-electron chi connectivity index (χ1n) is 20.8. The van der Waals surface area contributed by atoms with E-state index in [1.807, 2.05) is 0 Å². The van der Waals surface area contributed by atoms with Gasteiger partial charge in [0.05, 0.1) is 24.3 Å². The highest BCUT2D eigenvalue weighted by atomic mass is 32.2. The molecule has 2 unspecified atom stereocenters. The summed E-state index contributed by atoms with van der Waals surface area (Å²) in [6.45, 7) is 17.6. The minimum absolute atomic E-state index is 0.191. The van der Waals surface area contributed by atoms with Crippen LogP contribution in [0.5, 0.6) is 5.88 Å². The fourth-order valence-corrected chi connectivity index (χ4v) is 15.6. The van der Waals surface area contributed by atoms with Crippen LogP contribution in [-0.4, -0.2) is 73.1 Å². The average molecular weight is 719 g/mol. The normalized spacial score (nSPS) is 43.1. The van der Waals surface area contributed by atoms with Crippen molar-refractivity contribution < 1.29 is 13.2 Å². The van der Waals surface area contributed by atoms with Crippen LogP contribution in [-0.2, 0) is 9.84 Å². The van der Waals surface area contributed by atoms with Crippen molar-refractivity contribution in [2.24, 2.45) is 51.2 Å². The molecule has 51 heavy (non-hydrogen) atoms. The molecule has 1 aliphatic heterocycles. The molecule has 1 aromatic heterocycles. The van der Waals surface area contributed by atoms with Gasteiger partial charge in [0.25, 0.3) is 0 Å². The van der Waals surface area contributed by atoms with Gasteiger partial charge in [0, 0.05) is 44.1 Å². The third-order valence-corrected chi connectivity index (χ3v) is 18.8. The first kappa shape index (κ1) is 36.2. The van der Waals surface area contributed by atoms with E-state index >= 15 is 0 Å². The fourth-order valence-electron chi connectivity index (χ4n) is 14.3. The maximum atomic E-state index is 12.0. The highest BCUT2D eigenvalue weighted by Gasteiger charge is 2.69. The molecule has 7 aliphatic rings. The van der Waals surface area contributed by atoms with Gasteiger partial charge in [0.1, 0.15) is 0 Å². The number of aromatic nitrogens is 2. The molecule has 8 heteroatoms. The maximum Gasteiger partial charge on any atom is 0.232 e. The van der Waals surface area contributed by atoms with Gasteiger partial charge in [0.15, 0.2) is 9.84 Å². The lowest BCUT2D eigenvalue weighted by atomic mass is 9.33. The lowest BCUT2D eigenvalue weighted by Crippen LogP contribution is -2.67. The Balaban J connectivity index is 0.954. The second-order valence-corrected chi connectivity index (χ2v) is 21.8. The number of rotatable bonds is 8. The number of sulfone groups is 1. The Labute approximate surface area is 309 Å². The number of hydrogen-bond acceptors (Lipinski definition) is 7. The van der Waals surface area contributed by atoms with Crippen molar-refractivity contribution in [2.45, 2.75) is 124 Å². The SMILES string of the molecule is CC1(C)C(C2=CC[C@H](COc3cnccn3)CC2)=CC[C@@]2(C)C1CC[C@]1(C)C2CC[C@@H]2[C@H]3CCC[C@]3(NCCN3CCS(=O)(=O)CC3)CC[C@]21C. The van der Waals surface area contributed by atoms with Gasteiger partial charge < -0.3 is 15.0 Å². The molecular formula is C43H66N4O3S. The van der Waals surface area contributed by atoms with Crippen LogP contribution in [0.25, 0.3) is 0 Å². The largest absolute Gasteiger partial charge is 0.476 e. The molecule has 2 heterocycles. The lowest BCUT2D eigenvalue weighted by molar-refractivity contribution is -0.218. The summed E-state index contributed by atoms with van der Waals surface area (Å²) in [6.07, 6.45) is 27.3. The van der Waals surface area contributed by atoms with Gasteiger partial charge >= 0.3 is 0 Å². The lowest BCUT2D eigenvalue weighted by Gasteiger charge is -2.72.